The molecule has 0 unspecified atom stereocenters. The Morgan fingerprint density at radius 3 is 2.83 bits per heavy atom. The van der Waals surface area contributed by atoms with Crippen LogP contribution in [0.15, 0.2) is 40.9 Å². The van der Waals surface area contributed by atoms with E-state index in [0.717, 1.165) is 15.8 Å². The van der Waals surface area contributed by atoms with Gasteiger partial charge in [-0.05, 0) is 30.7 Å². The number of hydrogen-bond acceptors (Lipinski definition) is 3. The van der Waals surface area contributed by atoms with Crippen LogP contribution in [-0.2, 0) is 0 Å². The molecule has 0 spiro atoms. The van der Waals surface area contributed by atoms with Crippen LogP contribution < -0.4 is 10.5 Å². The summed E-state index contributed by atoms with van der Waals surface area (Å²) in [7, 11) is 0. The summed E-state index contributed by atoms with van der Waals surface area (Å²) in [5.41, 5.74) is 6.80. The molecule has 0 aliphatic heterocycles. The molecule has 3 N–H and O–H groups in total. The summed E-state index contributed by atoms with van der Waals surface area (Å²) in [4.78, 5) is 4.15. The van der Waals surface area contributed by atoms with E-state index < -0.39 is 0 Å². The molecule has 4 nitrogen and oxygen atoms in total. The maximum Gasteiger partial charge on any atom is 0.219 e. The topological polar surface area (TPSA) is 72.0 Å². The normalized spacial score (nSPS) is 10.1. The summed E-state index contributed by atoms with van der Waals surface area (Å²) in [5, 5.41) is 7.34. The maximum atomic E-state index is 7.34. The first kappa shape index (κ1) is 12.6. The monoisotopic (exact) mass is 305 g/mol. The molecule has 92 valence electrons. The highest BCUT2D eigenvalue weighted by atomic mass is 79.9. The van der Waals surface area contributed by atoms with Crippen LogP contribution in [0.2, 0.25) is 0 Å². The predicted molar refractivity (Wildman–Crippen MR) is 74.2 cm³/mol. The first-order chi connectivity index (χ1) is 8.56. The van der Waals surface area contributed by atoms with E-state index in [0.29, 0.717) is 11.6 Å². The zero-order valence-corrected chi connectivity index (χ0v) is 11.4. The fourth-order valence-corrected chi connectivity index (χ4v) is 1.76. The Labute approximate surface area is 113 Å². The maximum absolute atomic E-state index is 7.34. The molecule has 2 aromatic rings. The molecule has 0 radical (unpaired) electrons. The van der Waals surface area contributed by atoms with Crippen molar-refractivity contribution in [2.24, 2.45) is 5.73 Å². The first-order valence-corrected chi connectivity index (χ1v) is 6.11. The Balaban J connectivity index is 2.31. The van der Waals surface area contributed by atoms with Crippen molar-refractivity contribution in [3.05, 3.63) is 52.1 Å². The SMILES string of the molecule is Cc1ccc(Br)cc1Oc1cccc(C(=N)N)n1. The van der Waals surface area contributed by atoms with Gasteiger partial charge in [-0.25, -0.2) is 4.98 Å². The minimum atomic E-state index is -0.0774. The Morgan fingerprint density at radius 2 is 2.11 bits per heavy atom. The summed E-state index contributed by atoms with van der Waals surface area (Å²) in [6.07, 6.45) is 0. The van der Waals surface area contributed by atoms with Gasteiger partial charge >= 0.3 is 0 Å². The molecule has 18 heavy (non-hydrogen) atoms. The number of aryl methyl sites for hydroxylation is 1. The van der Waals surface area contributed by atoms with Crippen molar-refractivity contribution in [3.8, 4) is 11.6 Å². The molecule has 1 aromatic carbocycles. The molecule has 0 aliphatic rings. The molecule has 0 bridgehead atoms. The lowest BCUT2D eigenvalue weighted by molar-refractivity contribution is 0.459. The van der Waals surface area contributed by atoms with Crippen molar-refractivity contribution in [3.63, 3.8) is 0 Å². The highest BCUT2D eigenvalue weighted by Crippen LogP contribution is 2.27. The Hall–Kier alpha value is -1.88. The number of nitrogens with one attached hydrogen (secondary N) is 1. The van der Waals surface area contributed by atoms with Gasteiger partial charge in [0.15, 0.2) is 0 Å². The zero-order chi connectivity index (χ0) is 13.1. The van der Waals surface area contributed by atoms with Gasteiger partial charge in [0, 0.05) is 10.5 Å². The van der Waals surface area contributed by atoms with Crippen LogP contribution in [0.4, 0.5) is 0 Å². The predicted octanol–water partition coefficient (Wildman–Crippen LogP) is 3.23. The van der Waals surface area contributed by atoms with E-state index in [1.165, 1.54) is 0 Å². The van der Waals surface area contributed by atoms with Crippen LogP contribution in [0.25, 0.3) is 0 Å². The molecular formula is C13H12BrN3O. The van der Waals surface area contributed by atoms with E-state index in [2.05, 4.69) is 20.9 Å². The van der Waals surface area contributed by atoms with Crippen LogP contribution in [-0.4, -0.2) is 10.8 Å². The third-order valence-electron chi connectivity index (χ3n) is 2.36. The van der Waals surface area contributed by atoms with Gasteiger partial charge in [-0.15, -0.1) is 0 Å². The number of halogens is 1. The molecule has 1 aromatic heterocycles. The number of hydrogen-bond donors (Lipinski definition) is 2. The molecular weight excluding hydrogens is 294 g/mol. The van der Waals surface area contributed by atoms with Gasteiger partial charge in [0.2, 0.25) is 5.88 Å². The Bertz CT molecular complexity index is 599. The molecule has 0 fully saturated rings. The Kier molecular flexibility index (Phi) is 3.62. The van der Waals surface area contributed by atoms with Gasteiger partial charge in [0.1, 0.15) is 17.3 Å². The minimum Gasteiger partial charge on any atom is -0.439 e. The van der Waals surface area contributed by atoms with E-state index in [4.69, 9.17) is 15.9 Å². The standard InChI is InChI=1S/C13H12BrN3O/c1-8-5-6-9(14)7-11(8)18-12-4-2-3-10(17-12)13(15)16/h2-7H,1H3,(H3,15,16). The lowest BCUT2D eigenvalue weighted by atomic mass is 10.2. The smallest absolute Gasteiger partial charge is 0.219 e. The number of rotatable bonds is 3. The Morgan fingerprint density at radius 1 is 1.33 bits per heavy atom. The van der Waals surface area contributed by atoms with Crippen molar-refractivity contribution in [2.45, 2.75) is 6.92 Å². The van der Waals surface area contributed by atoms with Gasteiger partial charge in [-0.3, -0.25) is 5.41 Å². The van der Waals surface area contributed by atoms with Crippen LogP contribution in [0.3, 0.4) is 0 Å². The molecule has 1 heterocycles. The fraction of sp³-hybridized carbons (Fsp3) is 0.0769. The summed E-state index contributed by atoms with van der Waals surface area (Å²) in [6, 6.07) is 10.9. The van der Waals surface area contributed by atoms with E-state index in [-0.39, 0.29) is 5.84 Å². The van der Waals surface area contributed by atoms with E-state index >= 15 is 0 Å². The third-order valence-corrected chi connectivity index (χ3v) is 2.86. The summed E-state index contributed by atoms with van der Waals surface area (Å²) >= 11 is 3.39. The fourth-order valence-electron chi connectivity index (χ4n) is 1.42. The van der Waals surface area contributed by atoms with Crippen molar-refractivity contribution >= 4 is 21.8 Å². The number of amidine groups is 1. The quantitative estimate of drug-likeness (QED) is 0.675. The number of ether oxygens (including phenoxy) is 1. The minimum absolute atomic E-state index is 0.0774. The second-order valence-electron chi connectivity index (χ2n) is 3.79. The zero-order valence-electron chi connectivity index (χ0n) is 9.77. The van der Waals surface area contributed by atoms with Gasteiger partial charge in [-0.2, -0.15) is 0 Å². The summed E-state index contributed by atoms with van der Waals surface area (Å²) in [6.45, 7) is 1.95. The molecule has 0 aliphatic carbocycles. The van der Waals surface area contributed by atoms with Crippen molar-refractivity contribution in [1.82, 2.24) is 4.98 Å². The average molecular weight is 306 g/mol. The van der Waals surface area contributed by atoms with Crippen molar-refractivity contribution in [2.75, 3.05) is 0 Å². The van der Waals surface area contributed by atoms with Gasteiger partial charge in [0.05, 0.1) is 0 Å². The number of pyridine rings is 1. The lowest BCUT2D eigenvalue weighted by Crippen LogP contribution is -2.13. The molecule has 2 rings (SSSR count). The van der Waals surface area contributed by atoms with E-state index in [1.807, 2.05) is 25.1 Å². The van der Waals surface area contributed by atoms with E-state index in [1.54, 1.807) is 18.2 Å². The number of aromatic nitrogens is 1. The summed E-state index contributed by atoms with van der Waals surface area (Å²) in [5.74, 6) is 1.06. The number of nitrogen functional groups attached to an aromatic ring is 1. The highest BCUT2D eigenvalue weighted by Gasteiger charge is 2.05. The van der Waals surface area contributed by atoms with Gasteiger partial charge < -0.3 is 10.5 Å². The van der Waals surface area contributed by atoms with Crippen LogP contribution >= 0.6 is 15.9 Å². The molecule has 0 amide bonds. The lowest BCUT2D eigenvalue weighted by Gasteiger charge is -2.09. The number of benzene rings is 1. The first-order valence-electron chi connectivity index (χ1n) is 5.32. The number of nitrogens with zero attached hydrogens (tertiary/aromatic N) is 1. The van der Waals surface area contributed by atoms with E-state index in [9.17, 15) is 0 Å². The molecule has 0 saturated heterocycles. The largest absolute Gasteiger partial charge is 0.439 e. The molecule has 0 saturated carbocycles. The van der Waals surface area contributed by atoms with Crippen LogP contribution in [0.5, 0.6) is 11.6 Å². The second-order valence-corrected chi connectivity index (χ2v) is 4.70. The van der Waals surface area contributed by atoms with Crippen molar-refractivity contribution < 1.29 is 4.74 Å². The van der Waals surface area contributed by atoms with Crippen LogP contribution in [0.1, 0.15) is 11.3 Å². The molecule has 0 atom stereocenters. The second kappa shape index (κ2) is 5.18. The number of nitrogens with two attached hydrogens (primary N) is 1. The highest BCUT2D eigenvalue weighted by molar-refractivity contribution is 9.10. The van der Waals surface area contributed by atoms with Gasteiger partial charge in [0.25, 0.3) is 0 Å². The van der Waals surface area contributed by atoms with Gasteiger partial charge in [-0.1, -0.05) is 28.1 Å². The molecule has 5 heteroatoms. The van der Waals surface area contributed by atoms with Crippen molar-refractivity contribution in [1.29, 1.82) is 5.41 Å². The summed E-state index contributed by atoms with van der Waals surface area (Å²) < 4.78 is 6.62. The third kappa shape index (κ3) is 2.87. The van der Waals surface area contributed by atoms with Crippen LogP contribution in [0, 0.1) is 12.3 Å². The average Bonchev–Trinajstić information content (AvgIpc) is 2.34.